The average Bonchev–Trinajstić information content (AvgIpc) is 3.38. The van der Waals surface area contributed by atoms with E-state index >= 15 is 0 Å². The van der Waals surface area contributed by atoms with Crippen molar-refractivity contribution >= 4 is 34.9 Å². The molecular formula is C20H23N2O5S+. The zero-order chi connectivity index (χ0) is 20.1. The predicted molar refractivity (Wildman–Crippen MR) is 105 cm³/mol. The van der Waals surface area contributed by atoms with Crippen LogP contribution in [0.4, 0.5) is 5.69 Å². The maximum Gasteiger partial charge on any atom is 0.339 e. The van der Waals surface area contributed by atoms with Gasteiger partial charge in [0.05, 0.1) is 42.5 Å². The molecule has 1 aliphatic rings. The number of ether oxygens (including phenoxy) is 2. The molecule has 0 radical (unpaired) electrons. The van der Waals surface area contributed by atoms with Crippen molar-refractivity contribution in [3.05, 3.63) is 51.7 Å². The quantitative estimate of drug-likeness (QED) is 0.717. The van der Waals surface area contributed by atoms with Crippen LogP contribution in [0.1, 0.15) is 44.5 Å². The Bertz CT molecular complexity index is 865. The van der Waals surface area contributed by atoms with E-state index in [9.17, 15) is 14.4 Å². The summed E-state index contributed by atoms with van der Waals surface area (Å²) in [5.41, 5.74) is 0.677. The fraction of sp³-hybridized carbons (Fsp3) is 0.350. The number of benzene rings is 1. The number of thiophene rings is 1. The smallest absolute Gasteiger partial charge is 0.339 e. The largest absolute Gasteiger partial charge is 0.465 e. The van der Waals surface area contributed by atoms with Crippen LogP contribution in [0.3, 0.4) is 0 Å². The van der Waals surface area contributed by atoms with Crippen molar-refractivity contribution in [2.75, 3.05) is 32.6 Å². The minimum Gasteiger partial charge on any atom is -0.465 e. The molecule has 1 unspecified atom stereocenters. The molecule has 2 N–H and O–H groups in total. The van der Waals surface area contributed by atoms with Crippen LogP contribution in [-0.4, -0.2) is 45.2 Å². The lowest BCUT2D eigenvalue weighted by Gasteiger charge is -2.20. The molecule has 0 aliphatic carbocycles. The molecule has 3 rings (SSSR count). The number of nitrogens with one attached hydrogen (secondary N) is 2. The Labute approximate surface area is 167 Å². The SMILES string of the molecule is COC(=O)c1ccc(C(=O)OC)c(NC(=O)C[NH+]2CCC[C@@H]2c2cccs2)c1. The number of carbonyl (C=O) groups is 3. The minimum atomic E-state index is -0.586. The number of anilines is 1. The molecule has 2 atom stereocenters. The first-order valence-corrected chi connectivity index (χ1v) is 9.90. The Morgan fingerprint density at radius 3 is 2.64 bits per heavy atom. The molecule has 0 bridgehead atoms. The second-order valence-electron chi connectivity index (χ2n) is 6.59. The van der Waals surface area contributed by atoms with Gasteiger partial charge in [0, 0.05) is 12.8 Å². The first-order chi connectivity index (χ1) is 13.5. The Morgan fingerprint density at radius 2 is 1.96 bits per heavy atom. The molecule has 1 aromatic carbocycles. The van der Waals surface area contributed by atoms with Gasteiger partial charge in [-0.3, -0.25) is 4.79 Å². The van der Waals surface area contributed by atoms with E-state index in [0.717, 1.165) is 19.4 Å². The third-order valence-corrected chi connectivity index (χ3v) is 5.86. The van der Waals surface area contributed by atoms with Gasteiger partial charge in [0.1, 0.15) is 6.04 Å². The second kappa shape index (κ2) is 8.99. The lowest BCUT2D eigenvalue weighted by Crippen LogP contribution is -3.11. The molecule has 0 saturated carbocycles. The monoisotopic (exact) mass is 403 g/mol. The van der Waals surface area contributed by atoms with E-state index < -0.39 is 11.9 Å². The zero-order valence-corrected chi connectivity index (χ0v) is 16.6. The van der Waals surface area contributed by atoms with E-state index in [0.29, 0.717) is 6.04 Å². The highest BCUT2D eigenvalue weighted by atomic mass is 32.1. The van der Waals surface area contributed by atoms with Gasteiger partial charge in [-0.05, 0) is 29.6 Å². The summed E-state index contributed by atoms with van der Waals surface area (Å²) in [7, 11) is 2.54. The van der Waals surface area contributed by atoms with Gasteiger partial charge in [0.25, 0.3) is 5.91 Å². The summed E-state index contributed by atoms with van der Waals surface area (Å²) in [6, 6.07) is 8.79. The zero-order valence-electron chi connectivity index (χ0n) is 15.8. The van der Waals surface area contributed by atoms with E-state index in [4.69, 9.17) is 9.47 Å². The molecule has 7 nitrogen and oxygen atoms in total. The number of rotatable bonds is 6. The Hall–Kier alpha value is -2.71. The molecule has 0 spiro atoms. The first-order valence-electron chi connectivity index (χ1n) is 9.02. The van der Waals surface area contributed by atoms with Gasteiger partial charge < -0.3 is 19.7 Å². The van der Waals surface area contributed by atoms with Crippen LogP contribution in [0.5, 0.6) is 0 Å². The van der Waals surface area contributed by atoms with E-state index in [1.165, 1.54) is 42.2 Å². The molecule has 148 valence electrons. The summed E-state index contributed by atoms with van der Waals surface area (Å²) in [5, 5.41) is 4.82. The third-order valence-electron chi connectivity index (χ3n) is 4.88. The standard InChI is InChI=1S/C20H22N2O5S/c1-26-19(24)13-7-8-14(20(25)27-2)15(11-13)21-18(23)12-22-9-3-5-16(22)17-6-4-10-28-17/h4,6-8,10-11,16H,3,5,9,12H2,1-2H3,(H,21,23)/p+1/t16-/m1/s1. The molecule has 1 aliphatic heterocycles. The van der Waals surface area contributed by atoms with Crippen LogP contribution in [0.25, 0.3) is 0 Å². The van der Waals surface area contributed by atoms with Crippen LogP contribution < -0.4 is 10.2 Å². The minimum absolute atomic E-state index is 0.190. The van der Waals surface area contributed by atoms with Gasteiger partial charge >= 0.3 is 11.9 Å². The van der Waals surface area contributed by atoms with Gasteiger partial charge in [0.2, 0.25) is 0 Å². The van der Waals surface area contributed by atoms with Gasteiger partial charge in [-0.25, -0.2) is 9.59 Å². The molecule has 28 heavy (non-hydrogen) atoms. The fourth-order valence-electron chi connectivity index (χ4n) is 3.54. The molecule has 8 heteroatoms. The summed E-state index contributed by atoms with van der Waals surface area (Å²) < 4.78 is 9.49. The summed E-state index contributed by atoms with van der Waals surface area (Å²) >= 11 is 1.71. The van der Waals surface area contributed by atoms with Crippen molar-refractivity contribution in [3.8, 4) is 0 Å². The lowest BCUT2D eigenvalue weighted by molar-refractivity contribution is -0.910. The number of amides is 1. The highest BCUT2D eigenvalue weighted by molar-refractivity contribution is 7.10. The summed E-state index contributed by atoms with van der Waals surface area (Å²) in [6.45, 7) is 1.20. The Kier molecular flexibility index (Phi) is 6.43. The van der Waals surface area contributed by atoms with E-state index in [2.05, 4.69) is 11.4 Å². The number of hydrogen-bond donors (Lipinski definition) is 2. The summed E-state index contributed by atoms with van der Waals surface area (Å²) in [6.07, 6.45) is 2.12. The van der Waals surface area contributed by atoms with Crippen molar-refractivity contribution in [2.45, 2.75) is 18.9 Å². The van der Waals surface area contributed by atoms with Crippen molar-refractivity contribution in [3.63, 3.8) is 0 Å². The average molecular weight is 403 g/mol. The van der Waals surface area contributed by atoms with Crippen molar-refractivity contribution in [1.82, 2.24) is 0 Å². The van der Waals surface area contributed by atoms with Gasteiger partial charge in [-0.2, -0.15) is 0 Å². The Morgan fingerprint density at radius 1 is 1.18 bits per heavy atom. The number of methoxy groups -OCH3 is 2. The molecular weight excluding hydrogens is 380 g/mol. The maximum absolute atomic E-state index is 12.7. The van der Waals surface area contributed by atoms with Gasteiger partial charge in [-0.1, -0.05) is 6.07 Å². The van der Waals surface area contributed by atoms with Crippen molar-refractivity contribution < 1.29 is 28.8 Å². The molecule has 2 aromatic rings. The highest BCUT2D eigenvalue weighted by Gasteiger charge is 2.32. The number of quaternary nitrogens is 1. The topological polar surface area (TPSA) is 86.1 Å². The predicted octanol–water partition coefficient (Wildman–Crippen LogP) is 1.68. The van der Waals surface area contributed by atoms with Crippen LogP contribution in [0, 0.1) is 0 Å². The van der Waals surface area contributed by atoms with Gasteiger partial charge in [0.15, 0.2) is 6.54 Å². The molecule has 1 amide bonds. The van der Waals surface area contributed by atoms with Crippen LogP contribution in [-0.2, 0) is 14.3 Å². The fourth-order valence-corrected chi connectivity index (χ4v) is 4.46. The molecule has 1 aromatic heterocycles. The second-order valence-corrected chi connectivity index (χ2v) is 7.57. The van der Waals surface area contributed by atoms with E-state index in [1.807, 2.05) is 11.4 Å². The van der Waals surface area contributed by atoms with Gasteiger partial charge in [-0.15, -0.1) is 11.3 Å². The van der Waals surface area contributed by atoms with E-state index in [1.54, 1.807) is 11.3 Å². The molecule has 1 fully saturated rings. The van der Waals surface area contributed by atoms with Crippen LogP contribution >= 0.6 is 11.3 Å². The highest BCUT2D eigenvalue weighted by Crippen LogP contribution is 2.23. The van der Waals surface area contributed by atoms with Crippen molar-refractivity contribution in [1.29, 1.82) is 0 Å². The summed E-state index contributed by atoms with van der Waals surface area (Å²) in [5.74, 6) is -1.35. The summed E-state index contributed by atoms with van der Waals surface area (Å²) in [4.78, 5) is 39.0. The number of carbonyl (C=O) groups excluding carboxylic acids is 3. The third kappa shape index (κ3) is 4.40. The van der Waals surface area contributed by atoms with Crippen molar-refractivity contribution in [2.24, 2.45) is 0 Å². The molecule has 1 saturated heterocycles. The maximum atomic E-state index is 12.7. The molecule has 2 heterocycles. The first kappa shape index (κ1) is 20.0. The van der Waals surface area contributed by atoms with Crippen LogP contribution in [0.15, 0.2) is 35.7 Å². The number of hydrogen-bond acceptors (Lipinski definition) is 6. The Balaban J connectivity index is 1.76. The van der Waals surface area contributed by atoms with Crippen LogP contribution in [0.2, 0.25) is 0 Å². The normalized spacial score (nSPS) is 18.5. The number of likely N-dealkylation sites (tertiary alicyclic amines) is 1. The number of esters is 2. The lowest BCUT2D eigenvalue weighted by atomic mass is 10.1. The van der Waals surface area contributed by atoms with E-state index in [-0.39, 0.29) is 29.3 Å².